The zero-order chi connectivity index (χ0) is 6.41. The first kappa shape index (κ1) is 7.88. The van der Waals surface area contributed by atoms with E-state index in [0.29, 0.717) is 0 Å². The lowest BCUT2D eigenvalue weighted by atomic mass is 10.6. The topological polar surface area (TPSA) is 35.2 Å². The second-order valence-corrected chi connectivity index (χ2v) is 3.24. The quantitative estimate of drug-likeness (QED) is 0.415. The van der Waals surface area contributed by atoms with Crippen molar-refractivity contribution in [1.29, 1.82) is 0 Å². The van der Waals surface area contributed by atoms with Crippen molar-refractivity contribution in [3.8, 4) is 0 Å². The number of hydrogen-bond donors (Lipinski definition) is 1. The van der Waals surface area contributed by atoms with Gasteiger partial charge in [0.1, 0.15) is 0 Å². The molecule has 0 aromatic rings. The lowest BCUT2D eigenvalue weighted by Crippen LogP contribution is -2.26. The fraction of sp³-hybridized carbons (Fsp3) is 0.600. The molecule has 48 valence electrons. The summed E-state index contributed by atoms with van der Waals surface area (Å²) in [7, 11) is -0.505. The van der Waals surface area contributed by atoms with Crippen LogP contribution in [0.1, 0.15) is 6.92 Å². The van der Waals surface area contributed by atoms with Gasteiger partial charge in [0.25, 0.3) is 0 Å². The van der Waals surface area contributed by atoms with Gasteiger partial charge in [-0.1, -0.05) is 6.08 Å². The van der Waals surface area contributed by atoms with Crippen LogP contribution < -0.4 is 5.73 Å². The second-order valence-electron chi connectivity index (χ2n) is 1.56. The van der Waals surface area contributed by atoms with Crippen molar-refractivity contribution in [2.45, 2.75) is 12.6 Å². The lowest BCUT2D eigenvalue weighted by molar-refractivity contribution is 0.357. The van der Waals surface area contributed by atoms with Crippen molar-refractivity contribution >= 4 is 9.76 Å². The van der Waals surface area contributed by atoms with Gasteiger partial charge in [0.15, 0.2) is 9.76 Å². The molecule has 8 heavy (non-hydrogen) atoms. The van der Waals surface area contributed by atoms with Gasteiger partial charge in [-0.3, -0.25) is 0 Å². The average Bonchev–Trinajstić information content (AvgIpc) is 1.83. The highest BCUT2D eigenvalue weighted by Crippen LogP contribution is 1.76. The molecule has 0 amide bonds. The highest BCUT2D eigenvalue weighted by atomic mass is 28.2. The number of nitrogens with two attached hydrogens (primary N) is 1. The van der Waals surface area contributed by atoms with E-state index < -0.39 is 9.76 Å². The Labute approximate surface area is 52.7 Å². The van der Waals surface area contributed by atoms with E-state index in [9.17, 15) is 0 Å². The van der Waals surface area contributed by atoms with E-state index in [1.807, 2.05) is 6.92 Å². The zero-order valence-electron chi connectivity index (χ0n) is 5.26. The molecular weight excluding hydrogens is 118 g/mol. The Hall–Kier alpha value is -0.123. The minimum Gasteiger partial charge on any atom is -0.422 e. The first-order valence-corrected chi connectivity index (χ1v) is 4.16. The molecule has 0 fully saturated rings. The monoisotopic (exact) mass is 131 g/mol. The fourth-order valence-corrected chi connectivity index (χ4v) is 0.966. The minimum atomic E-state index is -0.505. The molecule has 1 atom stereocenters. The predicted octanol–water partition coefficient (Wildman–Crippen LogP) is -0.423. The van der Waals surface area contributed by atoms with Gasteiger partial charge < -0.3 is 10.2 Å². The SMILES string of the molecule is C=CC(N)[SiH2]OCC. The summed E-state index contributed by atoms with van der Waals surface area (Å²) in [6.07, 6.45) is 1.74. The third kappa shape index (κ3) is 4.05. The standard InChI is InChI=1S/C5H13NOSi/c1-3-5(6)8-7-4-2/h3,5H,1,4,6,8H2,2H3. The molecule has 0 aliphatic rings. The van der Waals surface area contributed by atoms with Crippen LogP contribution in [0.15, 0.2) is 12.7 Å². The first-order chi connectivity index (χ1) is 3.81. The minimum absolute atomic E-state index is 0.134. The molecule has 0 aromatic heterocycles. The van der Waals surface area contributed by atoms with Gasteiger partial charge in [0.05, 0.1) is 0 Å². The molecule has 0 saturated heterocycles. The Morgan fingerprint density at radius 1 is 2.00 bits per heavy atom. The second kappa shape index (κ2) is 5.02. The van der Waals surface area contributed by atoms with Gasteiger partial charge in [-0.15, -0.1) is 6.58 Å². The summed E-state index contributed by atoms with van der Waals surface area (Å²) in [6.45, 7) is 6.30. The molecule has 0 aromatic carbocycles. The highest BCUT2D eigenvalue weighted by Gasteiger charge is 1.93. The van der Waals surface area contributed by atoms with Gasteiger partial charge in [0, 0.05) is 12.3 Å². The molecule has 0 aliphatic carbocycles. The van der Waals surface area contributed by atoms with Crippen molar-refractivity contribution < 1.29 is 4.43 Å². The molecule has 0 aliphatic heterocycles. The van der Waals surface area contributed by atoms with Crippen LogP contribution in [0.2, 0.25) is 0 Å². The maximum Gasteiger partial charge on any atom is 0.181 e. The van der Waals surface area contributed by atoms with Crippen LogP contribution in [0.3, 0.4) is 0 Å². The summed E-state index contributed by atoms with van der Waals surface area (Å²) in [4.78, 5) is 0. The molecule has 3 heteroatoms. The average molecular weight is 131 g/mol. The molecule has 0 bridgehead atoms. The summed E-state index contributed by atoms with van der Waals surface area (Å²) in [5.74, 6) is 0. The molecule has 2 N–H and O–H groups in total. The summed E-state index contributed by atoms with van der Waals surface area (Å²) in [5.41, 5.74) is 5.61. The smallest absolute Gasteiger partial charge is 0.181 e. The molecule has 0 saturated carbocycles. The Bertz CT molecular complexity index is 67.4. The summed E-state index contributed by atoms with van der Waals surface area (Å²) >= 11 is 0. The van der Waals surface area contributed by atoms with Crippen LogP contribution in [0.4, 0.5) is 0 Å². The van der Waals surface area contributed by atoms with E-state index in [2.05, 4.69) is 6.58 Å². The molecule has 2 nitrogen and oxygen atoms in total. The Balaban J connectivity index is 2.98. The molecule has 0 radical (unpaired) electrons. The maximum absolute atomic E-state index is 5.48. The Morgan fingerprint density at radius 3 is 3.00 bits per heavy atom. The van der Waals surface area contributed by atoms with Gasteiger partial charge in [0.2, 0.25) is 0 Å². The van der Waals surface area contributed by atoms with E-state index in [4.69, 9.17) is 10.2 Å². The van der Waals surface area contributed by atoms with Crippen LogP contribution in [-0.4, -0.2) is 22.0 Å². The van der Waals surface area contributed by atoms with Crippen LogP contribution in [0.5, 0.6) is 0 Å². The molecule has 0 rings (SSSR count). The van der Waals surface area contributed by atoms with Gasteiger partial charge >= 0.3 is 0 Å². The third-order valence-electron chi connectivity index (χ3n) is 0.817. The van der Waals surface area contributed by atoms with E-state index in [1.165, 1.54) is 0 Å². The summed E-state index contributed by atoms with van der Waals surface area (Å²) in [5, 5.41) is 0. The van der Waals surface area contributed by atoms with Crippen molar-refractivity contribution in [2.24, 2.45) is 5.73 Å². The molecule has 0 heterocycles. The molecular formula is C5H13NOSi. The highest BCUT2D eigenvalue weighted by molar-refractivity contribution is 6.30. The summed E-state index contributed by atoms with van der Waals surface area (Å²) < 4.78 is 5.13. The van der Waals surface area contributed by atoms with Crippen molar-refractivity contribution in [3.05, 3.63) is 12.7 Å². The maximum atomic E-state index is 5.48. The largest absolute Gasteiger partial charge is 0.422 e. The first-order valence-electron chi connectivity index (χ1n) is 2.77. The predicted molar refractivity (Wildman–Crippen MR) is 38.3 cm³/mol. The zero-order valence-corrected chi connectivity index (χ0v) is 6.68. The van der Waals surface area contributed by atoms with Crippen LogP contribution in [0, 0.1) is 0 Å². The third-order valence-corrected chi connectivity index (χ3v) is 2.18. The molecule has 1 unspecified atom stereocenters. The van der Waals surface area contributed by atoms with E-state index in [0.717, 1.165) is 6.61 Å². The Morgan fingerprint density at radius 2 is 2.62 bits per heavy atom. The summed E-state index contributed by atoms with van der Waals surface area (Å²) in [6, 6.07) is 0. The van der Waals surface area contributed by atoms with Crippen LogP contribution in [0.25, 0.3) is 0 Å². The number of rotatable bonds is 4. The lowest BCUT2D eigenvalue weighted by Gasteiger charge is -2.02. The normalized spacial score (nSPS) is 14.8. The van der Waals surface area contributed by atoms with Crippen molar-refractivity contribution in [3.63, 3.8) is 0 Å². The number of hydrogen-bond acceptors (Lipinski definition) is 2. The van der Waals surface area contributed by atoms with Gasteiger partial charge in [-0.25, -0.2) is 0 Å². The van der Waals surface area contributed by atoms with Crippen molar-refractivity contribution in [2.75, 3.05) is 6.61 Å². The van der Waals surface area contributed by atoms with E-state index >= 15 is 0 Å². The van der Waals surface area contributed by atoms with Crippen molar-refractivity contribution in [1.82, 2.24) is 0 Å². The van der Waals surface area contributed by atoms with Gasteiger partial charge in [-0.2, -0.15) is 0 Å². The fourth-order valence-electron chi connectivity index (χ4n) is 0.322. The van der Waals surface area contributed by atoms with E-state index in [1.54, 1.807) is 6.08 Å². The van der Waals surface area contributed by atoms with Crippen LogP contribution >= 0.6 is 0 Å². The Kier molecular flexibility index (Phi) is 4.95. The molecule has 0 spiro atoms. The van der Waals surface area contributed by atoms with E-state index in [-0.39, 0.29) is 5.67 Å². The van der Waals surface area contributed by atoms with Crippen LogP contribution in [-0.2, 0) is 4.43 Å². The van der Waals surface area contributed by atoms with Gasteiger partial charge in [-0.05, 0) is 6.92 Å².